The summed E-state index contributed by atoms with van der Waals surface area (Å²) in [4.78, 5) is 4.41. The third kappa shape index (κ3) is 2.29. The number of nitrogens with zero attached hydrogens (tertiary/aromatic N) is 1. The zero-order valence-electron chi connectivity index (χ0n) is 10.6. The molecule has 1 aliphatic rings. The van der Waals surface area contributed by atoms with Gasteiger partial charge in [-0.1, -0.05) is 30.3 Å². The second-order valence-corrected chi connectivity index (χ2v) is 5.02. The average molecular weight is 238 g/mol. The molecule has 0 bridgehead atoms. The van der Waals surface area contributed by atoms with Crippen LogP contribution in [0.25, 0.3) is 0 Å². The minimum Gasteiger partial charge on any atom is -0.305 e. The maximum absolute atomic E-state index is 4.41. The molecule has 1 heterocycles. The molecular weight excluding hydrogens is 220 g/mol. The Kier molecular flexibility index (Phi) is 3.11. The van der Waals surface area contributed by atoms with Gasteiger partial charge < -0.3 is 5.32 Å². The van der Waals surface area contributed by atoms with E-state index in [1.54, 1.807) is 0 Å². The molecule has 3 rings (SSSR count). The topological polar surface area (TPSA) is 24.9 Å². The Bertz CT molecular complexity index is 497. The number of nitrogens with one attached hydrogen (secondary N) is 1. The Morgan fingerprint density at radius 1 is 1.06 bits per heavy atom. The summed E-state index contributed by atoms with van der Waals surface area (Å²) in [5, 5.41) is 3.68. The Balaban J connectivity index is 1.66. The SMILES string of the molecule is C[C@@H](NC1Cc2ccccc2C1)c1ccccn1. The van der Waals surface area contributed by atoms with Crippen molar-refractivity contribution in [2.24, 2.45) is 0 Å². The summed E-state index contributed by atoms with van der Waals surface area (Å²) in [6.45, 7) is 2.19. The minimum atomic E-state index is 0.311. The normalized spacial score (nSPS) is 16.5. The van der Waals surface area contributed by atoms with E-state index < -0.39 is 0 Å². The molecule has 0 fully saturated rings. The molecule has 2 heteroatoms. The molecule has 1 atom stereocenters. The summed E-state index contributed by atoms with van der Waals surface area (Å²) in [7, 11) is 0. The van der Waals surface area contributed by atoms with Crippen molar-refractivity contribution in [1.82, 2.24) is 10.3 Å². The van der Waals surface area contributed by atoms with E-state index in [2.05, 4.69) is 47.6 Å². The van der Waals surface area contributed by atoms with E-state index in [9.17, 15) is 0 Å². The Morgan fingerprint density at radius 3 is 2.33 bits per heavy atom. The van der Waals surface area contributed by atoms with E-state index in [1.165, 1.54) is 11.1 Å². The van der Waals surface area contributed by atoms with Crippen molar-refractivity contribution in [3.8, 4) is 0 Å². The monoisotopic (exact) mass is 238 g/mol. The summed E-state index contributed by atoms with van der Waals surface area (Å²) < 4.78 is 0. The standard InChI is InChI=1S/C16H18N2/c1-12(16-8-4-5-9-17-16)18-15-10-13-6-2-3-7-14(13)11-15/h2-9,12,15,18H,10-11H2,1H3/t12-/m1/s1. The zero-order chi connectivity index (χ0) is 12.4. The fourth-order valence-corrected chi connectivity index (χ4v) is 2.75. The number of benzene rings is 1. The number of hydrogen-bond acceptors (Lipinski definition) is 2. The number of pyridine rings is 1. The van der Waals surface area contributed by atoms with E-state index in [1.807, 2.05) is 18.3 Å². The summed E-state index contributed by atoms with van der Waals surface area (Å²) in [5.74, 6) is 0. The molecule has 0 aliphatic heterocycles. The van der Waals surface area contributed by atoms with Crippen molar-refractivity contribution in [1.29, 1.82) is 0 Å². The first-order chi connectivity index (χ1) is 8.83. The van der Waals surface area contributed by atoms with E-state index in [0.717, 1.165) is 18.5 Å². The second kappa shape index (κ2) is 4.91. The summed E-state index contributed by atoms with van der Waals surface area (Å²) >= 11 is 0. The van der Waals surface area contributed by atoms with Crippen molar-refractivity contribution in [2.45, 2.75) is 31.8 Å². The number of rotatable bonds is 3. The van der Waals surface area contributed by atoms with Gasteiger partial charge in [0.25, 0.3) is 0 Å². The highest BCUT2D eigenvalue weighted by atomic mass is 15.0. The Hall–Kier alpha value is -1.67. The summed E-state index contributed by atoms with van der Waals surface area (Å²) in [6.07, 6.45) is 4.12. The van der Waals surface area contributed by atoms with Crippen LogP contribution in [-0.4, -0.2) is 11.0 Å². The lowest BCUT2D eigenvalue weighted by molar-refractivity contribution is 0.461. The van der Waals surface area contributed by atoms with Crippen molar-refractivity contribution in [2.75, 3.05) is 0 Å². The predicted molar refractivity (Wildman–Crippen MR) is 73.4 cm³/mol. The van der Waals surface area contributed by atoms with Crippen LogP contribution >= 0.6 is 0 Å². The lowest BCUT2D eigenvalue weighted by atomic mass is 10.1. The van der Waals surface area contributed by atoms with Crippen molar-refractivity contribution >= 4 is 0 Å². The van der Waals surface area contributed by atoms with E-state index >= 15 is 0 Å². The van der Waals surface area contributed by atoms with Crippen LogP contribution in [0, 0.1) is 0 Å². The van der Waals surface area contributed by atoms with Gasteiger partial charge in [0.15, 0.2) is 0 Å². The van der Waals surface area contributed by atoms with Crippen LogP contribution in [0.3, 0.4) is 0 Å². The number of aromatic nitrogens is 1. The van der Waals surface area contributed by atoms with Gasteiger partial charge in [-0.15, -0.1) is 0 Å². The maximum Gasteiger partial charge on any atom is 0.0570 e. The molecule has 2 nitrogen and oxygen atoms in total. The zero-order valence-corrected chi connectivity index (χ0v) is 10.6. The van der Waals surface area contributed by atoms with Gasteiger partial charge >= 0.3 is 0 Å². The predicted octanol–water partition coefficient (Wildman–Crippen LogP) is 2.90. The number of hydrogen-bond donors (Lipinski definition) is 1. The first-order valence-electron chi connectivity index (χ1n) is 6.56. The largest absolute Gasteiger partial charge is 0.305 e. The van der Waals surface area contributed by atoms with Crippen LogP contribution in [0.2, 0.25) is 0 Å². The van der Waals surface area contributed by atoms with E-state index in [0.29, 0.717) is 12.1 Å². The third-order valence-corrected chi connectivity index (χ3v) is 3.67. The fraction of sp³-hybridized carbons (Fsp3) is 0.312. The molecular formula is C16H18N2. The Labute approximate surface area is 108 Å². The molecule has 92 valence electrons. The molecule has 0 unspecified atom stereocenters. The molecule has 0 radical (unpaired) electrons. The molecule has 0 saturated heterocycles. The van der Waals surface area contributed by atoms with Gasteiger partial charge in [-0.3, -0.25) is 4.98 Å². The van der Waals surface area contributed by atoms with Crippen LogP contribution in [0.5, 0.6) is 0 Å². The van der Waals surface area contributed by atoms with Crippen molar-refractivity contribution < 1.29 is 0 Å². The van der Waals surface area contributed by atoms with Gasteiger partial charge in [-0.2, -0.15) is 0 Å². The number of fused-ring (bicyclic) bond motifs is 1. The van der Waals surface area contributed by atoms with Gasteiger partial charge in [-0.05, 0) is 43.0 Å². The smallest absolute Gasteiger partial charge is 0.0570 e. The van der Waals surface area contributed by atoms with Gasteiger partial charge in [0.05, 0.1) is 5.69 Å². The molecule has 0 saturated carbocycles. The van der Waals surface area contributed by atoms with Gasteiger partial charge in [0, 0.05) is 18.3 Å². The third-order valence-electron chi connectivity index (χ3n) is 3.67. The maximum atomic E-state index is 4.41. The molecule has 18 heavy (non-hydrogen) atoms. The van der Waals surface area contributed by atoms with Crippen LogP contribution in [0.15, 0.2) is 48.7 Å². The van der Waals surface area contributed by atoms with Crippen LogP contribution < -0.4 is 5.32 Å². The highest BCUT2D eigenvalue weighted by molar-refractivity contribution is 5.33. The van der Waals surface area contributed by atoms with Gasteiger partial charge in [0.2, 0.25) is 0 Å². The average Bonchev–Trinajstić information content (AvgIpc) is 2.82. The van der Waals surface area contributed by atoms with E-state index in [-0.39, 0.29) is 0 Å². The Morgan fingerprint density at radius 2 is 1.72 bits per heavy atom. The first kappa shape index (κ1) is 11.4. The van der Waals surface area contributed by atoms with Gasteiger partial charge in [-0.25, -0.2) is 0 Å². The van der Waals surface area contributed by atoms with Crippen molar-refractivity contribution in [3.63, 3.8) is 0 Å². The van der Waals surface area contributed by atoms with Crippen LogP contribution in [0.4, 0.5) is 0 Å². The minimum absolute atomic E-state index is 0.311. The fourth-order valence-electron chi connectivity index (χ4n) is 2.75. The quantitative estimate of drug-likeness (QED) is 0.889. The second-order valence-electron chi connectivity index (χ2n) is 5.02. The van der Waals surface area contributed by atoms with Crippen LogP contribution in [0.1, 0.15) is 29.8 Å². The molecule has 1 aliphatic carbocycles. The molecule has 1 aromatic heterocycles. The highest BCUT2D eigenvalue weighted by Crippen LogP contribution is 2.23. The molecule has 0 spiro atoms. The summed E-state index contributed by atoms with van der Waals surface area (Å²) in [5.41, 5.74) is 4.10. The van der Waals surface area contributed by atoms with Gasteiger partial charge in [0.1, 0.15) is 0 Å². The van der Waals surface area contributed by atoms with Crippen molar-refractivity contribution in [3.05, 3.63) is 65.5 Å². The highest BCUT2D eigenvalue weighted by Gasteiger charge is 2.22. The van der Waals surface area contributed by atoms with Crippen LogP contribution in [-0.2, 0) is 12.8 Å². The molecule has 1 aromatic carbocycles. The molecule has 1 N–H and O–H groups in total. The lowest BCUT2D eigenvalue weighted by Gasteiger charge is -2.18. The van der Waals surface area contributed by atoms with E-state index in [4.69, 9.17) is 0 Å². The molecule has 0 amide bonds. The molecule has 2 aromatic rings. The lowest BCUT2D eigenvalue weighted by Crippen LogP contribution is -2.32. The summed E-state index contributed by atoms with van der Waals surface area (Å²) in [6, 6.07) is 15.7. The first-order valence-corrected chi connectivity index (χ1v) is 6.56.